The topological polar surface area (TPSA) is 83.0 Å². The Morgan fingerprint density at radius 1 is 1.12 bits per heavy atom. The number of pyridine rings is 1. The fourth-order valence-electron chi connectivity index (χ4n) is 3.42. The number of thioether (sulfide) groups is 1. The van der Waals surface area contributed by atoms with Crippen LogP contribution < -0.4 is 4.74 Å². The number of imidazole rings is 1. The number of nitrogens with zero attached hydrogens (tertiary/aromatic N) is 7. The van der Waals surface area contributed by atoms with Crippen LogP contribution >= 0.6 is 23.4 Å². The molecule has 4 heterocycles. The number of hydrogen-bond donors (Lipinski definition) is 0. The first kappa shape index (κ1) is 21.5. The number of methoxy groups -OCH3 is 1. The summed E-state index contributed by atoms with van der Waals surface area (Å²) in [5.41, 5.74) is 1.06. The van der Waals surface area contributed by atoms with Crippen LogP contribution in [-0.4, -0.2) is 47.7 Å². The molecule has 0 bridgehead atoms. The Morgan fingerprint density at radius 3 is 2.67 bits per heavy atom. The molecule has 0 saturated heterocycles. The van der Waals surface area contributed by atoms with E-state index < -0.39 is 11.9 Å². The number of aromatic nitrogens is 7. The van der Waals surface area contributed by atoms with Crippen molar-refractivity contribution in [1.29, 1.82) is 0 Å². The van der Waals surface area contributed by atoms with E-state index >= 15 is 0 Å². The summed E-state index contributed by atoms with van der Waals surface area (Å²) in [6, 6.07) is 8.29. The molecular weight excluding hydrogens is 479 g/mol. The summed E-state index contributed by atoms with van der Waals surface area (Å²) in [5, 5.41) is 8.81. The fraction of sp³-hybridized carbons (Fsp3) is 0.150. The highest BCUT2D eigenvalue weighted by Crippen LogP contribution is 2.36. The minimum absolute atomic E-state index is 0.0644. The van der Waals surface area contributed by atoms with Gasteiger partial charge in [0.15, 0.2) is 11.0 Å². The van der Waals surface area contributed by atoms with Gasteiger partial charge in [-0.15, -0.1) is 5.10 Å². The van der Waals surface area contributed by atoms with Gasteiger partial charge in [0.2, 0.25) is 0 Å². The van der Waals surface area contributed by atoms with E-state index in [1.54, 1.807) is 37.6 Å². The molecule has 8 nitrogen and oxygen atoms in total. The lowest BCUT2D eigenvalue weighted by Crippen LogP contribution is -2.09. The van der Waals surface area contributed by atoms with Gasteiger partial charge in [-0.25, -0.2) is 15.0 Å². The van der Waals surface area contributed by atoms with Crippen LogP contribution in [0.2, 0.25) is 5.15 Å². The predicted molar refractivity (Wildman–Crippen MR) is 117 cm³/mol. The zero-order valence-corrected chi connectivity index (χ0v) is 18.6. The lowest BCUT2D eigenvalue weighted by molar-refractivity contribution is -0.141. The molecule has 5 rings (SSSR count). The molecule has 0 amide bonds. The molecule has 0 atom stereocenters. The average Bonchev–Trinajstić information content (AvgIpc) is 3.41. The molecule has 0 radical (unpaired) electrons. The molecule has 0 spiro atoms. The molecule has 0 aliphatic carbocycles. The van der Waals surface area contributed by atoms with Crippen molar-refractivity contribution in [2.75, 3.05) is 13.4 Å². The first-order valence-electron chi connectivity index (χ1n) is 9.36. The van der Waals surface area contributed by atoms with Crippen LogP contribution in [0.5, 0.6) is 5.75 Å². The number of hydrogen-bond acceptors (Lipinski definition) is 7. The van der Waals surface area contributed by atoms with Crippen molar-refractivity contribution in [2.24, 2.45) is 0 Å². The third-order valence-corrected chi connectivity index (χ3v) is 5.77. The zero-order chi connectivity index (χ0) is 23.3. The Balaban J connectivity index is 1.78. The minimum Gasteiger partial charge on any atom is -0.497 e. The van der Waals surface area contributed by atoms with Crippen molar-refractivity contribution in [1.82, 2.24) is 34.3 Å². The fourth-order valence-corrected chi connectivity index (χ4v) is 4.11. The molecule has 168 valence electrons. The van der Waals surface area contributed by atoms with Crippen molar-refractivity contribution < 1.29 is 17.9 Å². The zero-order valence-electron chi connectivity index (χ0n) is 17.0. The second-order valence-corrected chi connectivity index (χ2v) is 7.97. The SMILES string of the molecule is COc1ccc2c(c1)nnn2-c1nc(SC)nc(Cl)c1-c1ccc2ncc(C(F)(F)F)n2c1. The highest BCUT2D eigenvalue weighted by Gasteiger charge is 2.34. The van der Waals surface area contributed by atoms with Crippen LogP contribution in [0.15, 0.2) is 47.9 Å². The van der Waals surface area contributed by atoms with Gasteiger partial charge < -0.3 is 4.74 Å². The summed E-state index contributed by atoms with van der Waals surface area (Å²) in [4.78, 5) is 12.7. The maximum Gasteiger partial charge on any atom is 0.433 e. The highest BCUT2D eigenvalue weighted by atomic mass is 35.5. The number of alkyl halides is 3. The van der Waals surface area contributed by atoms with Crippen molar-refractivity contribution in [3.05, 3.63) is 53.6 Å². The number of fused-ring (bicyclic) bond motifs is 2. The largest absolute Gasteiger partial charge is 0.497 e. The highest BCUT2D eigenvalue weighted by molar-refractivity contribution is 7.98. The van der Waals surface area contributed by atoms with Crippen LogP contribution in [0.3, 0.4) is 0 Å². The molecule has 0 aliphatic rings. The summed E-state index contributed by atoms with van der Waals surface area (Å²) in [5.74, 6) is 0.880. The lowest BCUT2D eigenvalue weighted by Gasteiger charge is -2.13. The Kier molecular flexibility index (Phi) is 5.13. The van der Waals surface area contributed by atoms with Crippen LogP contribution in [0, 0.1) is 0 Å². The van der Waals surface area contributed by atoms with Crippen LogP contribution in [0.1, 0.15) is 5.69 Å². The summed E-state index contributed by atoms with van der Waals surface area (Å²) in [6.07, 6.45) is -0.703. The Labute approximate surface area is 193 Å². The van der Waals surface area contributed by atoms with Gasteiger partial charge in [-0.1, -0.05) is 28.6 Å². The monoisotopic (exact) mass is 491 g/mol. The summed E-state index contributed by atoms with van der Waals surface area (Å²) in [7, 11) is 1.54. The Morgan fingerprint density at radius 2 is 1.94 bits per heavy atom. The number of halogens is 4. The average molecular weight is 492 g/mol. The standard InChI is InChI=1S/C20H13ClF3N7OS/c1-32-11-4-5-13-12(7-11)28-29-31(13)18-16(17(21)26-19(27-18)33-2)10-3-6-15-25-8-14(20(22,23)24)30(15)9-10/h3-9H,1-2H3. The van der Waals surface area contributed by atoms with Gasteiger partial charge in [-0.2, -0.15) is 17.9 Å². The van der Waals surface area contributed by atoms with Crippen LogP contribution in [0.25, 0.3) is 33.6 Å². The molecule has 0 saturated carbocycles. The first-order chi connectivity index (χ1) is 15.8. The van der Waals surface area contributed by atoms with Crippen molar-refractivity contribution >= 4 is 40.0 Å². The van der Waals surface area contributed by atoms with Crippen LogP contribution in [-0.2, 0) is 6.18 Å². The van der Waals surface area contributed by atoms with E-state index in [0.717, 1.165) is 10.6 Å². The van der Waals surface area contributed by atoms with Crippen molar-refractivity contribution in [3.63, 3.8) is 0 Å². The molecule has 0 fully saturated rings. The minimum atomic E-state index is -4.58. The molecule has 0 unspecified atom stereocenters. The normalized spacial score (nSPS) is 12.1. The van der Waals surface area contributed by atoms with E-state index in [0.29, 0.717) is 33.1 Å². The maximum absolute atomic E-state index is 13.5. The molecule has 5 aromatic rings. The lowest BCUT2D eigenvalue weighted by atomic mass is 10.1. The molecule has 1 aromatic carbocycles. The molecule has 4 aromatic heterocycles. The molecule has 0 aliphatic heterocycles. The van der Waals surface area contributed by atoms with E-state index in [1.807, 2.05) is 0 Å². The second-order valence-electron chi connectivity index (χ2n) is 6.84. The smallest absolute Gasteiger partial charge is 0.433 e. The van der Waals surface area contributed by atoms with Crippen molar-refractivity contribution in [2.45, 2.75) is 11.3 Å². The van der Waals surface area contributed by atoms with Gasteiger partial charge in [-0.05, 0) is 30.5 Å². The molecular formula is C20H13ClF3N7OS. The maximum atomic E-state index is 13.5. The van der Waals surface area contributed by atoms with E-state index in [-0.39, 0.29) is 16.6 Å². The summed E-state index contributed by atoms with van der Waals surface area (Å²) in [6.45, 7) is 0. The molecule has 13 heteroatoms. The number of ether oxygens (including phenoxy) is 1. The van der Waals surface area contributed by atoms with Gasteiger partial charge in [0.05, 0.1) is 24.4 Å². The van der Waals surface area contributed by atoms with Gasteiger partial charge in [-0.3, -0.25) is 4.40 Å². The van der Waals surface area contributed by atoms with Gasteiger partial charge >= 0.3 is 6.18 Å². The summed E-state index contributed by atoms with van der Waals surface area (Å²) >= 11 is 7.79. The molecule has 0 N–H and O–H groups in total. The Bertz CT molecular complexity index is 1520. The van der Waals surface area contributed by atoms with E-state index in [4.69, 9.17) is 16.3 Å². The van der Waals surface area contributed by atoms with Gasteiger partial charge in [0.25, 0.3) is 0 Å². The van der Waals surface area contributed by atoms with Gasteiger partial charge in [0.1, 0.15) is 27.8 Å². The van der Waals surface area contributed by atoms with Crippen LogP contribution in [0.4, 0.5) is 13.2 Å². The van der Waals surface area contributed by atoms with E-state index in [1.165, 1.54) is 28.7 Å². The number of benzene rings is 1. The quantitative estimate of drug-likeness (QED) is 0.200. The molecule has 33 heavy (non-hydrogen) atoms. The van der Waals surface area contributed by atoms with Crippen molar-refractivity contribution in [3.8, 4) is 22.7 Å². The summed E-state index contributed by atoms with van der Waals surface area (Å²) < 4.78 is 48.0. The first-order valence-corrected chi connectivity index (χ1v) is 11.0. The number of rotatable bonds is 4. The Hall–Kier alpha value is -3.38. The van der Waals surface area contributed by atoms with E-state index in [9.17, 15) is 13.2 Å². The van der Waals surface area contributed by atoms with E-state index in [2.05, 4.69) is 25.3 Å². The second kappa shape index (κ2) is 7.89. The van der Waals surface area contributed by atoms with Gasteiger partial charge in [0, 0.05) is 17.8 Å². The third-order valence-electron chi connectivity index (χ3n) is 4.95. The third kappa shape index (κ3) is 3.64. The predicted octanol–water partition coefficient (Wildman–Crippen LogP) is 4.93.